The Morgan fingerprint density at radius 3 is 2.69 bits per heavy atom. The predicted octanol–water partition coefficient (Wildman–Crippen LogP) is 1.48. The number of aromatic nitrogens is 1. The number of aryl methyl sites for hydroxylation is 2. The predicted molar refractivity (Wildman–Crippen MR) is 63.4 cm³/mol. The van der Waals surface area contributed by atoms with Crippen molar-refractivity contribution in [3.63, 3.8) is 0 Å². The van der Waals surface area contributed by atoms with E-state index in [1.54, 1.807) is 0 Å². The molecule has 0 unspecified atom stereocenters. The maximum absolute atomic E-state index is 5.50. The zero-order chi connectivity index (χ0) is 11.4. The van der Waals surface area contributed by atoms with Crippen LogP contribution in [0.4, 0.5) is 0 Å². The topological polar surface area (TPSA) is 41.3 Å². The summed E-state index contributed by atoms with van der Waals surface area (Å²) in [6.45, 7) is 9.38. The molecule has 4 heteroatoms. The Morgan fingerprint density at radius 1 is 1.31 bits per heavy atom. The molecule has 1 aromatic heterocycles. The third-order valence-electron chi connectivity index (χ3n) is 3.09. The fraction of sp³-hybridized carbons (Fsp3) is 0.750. The van der Waals surface area contributed by atoms with Gasteiger partial charge in [0.2, 0.25) is 0 Å². The quantitative estimate of drug-likeness (QED) is 0.768. The van der Waals surface area contributed by atoms with E-state index in [1.807, 2.05) is 13.8 Å². The number of oxazole rings is 1. The molecule has 2 heterocycles. The first-order valence-electron chi connectivity index (χ1n) is 6.11. The van der Waals surface area contributed by atoms with Crippen LogP contribution in [-0.4, -0.2) is 36.1 Å². The second-order valence-corrected chi connectivity index (χ2v) is 4.47. The second-order valence-electron chi connectivity index (χ2n) is 4.47. The van der Waals surface area contributed by atoms with Gasteiger partial charge in [-0.1, -0.05) is 0 Å². The lowest BCUT2D eigenvalue weighted by Crippen LogP contribution is -2.29. The average molecular weight is 223 g/mol. The van der Waals surface area contributed by atoms with E-state index in [4.69, 9.17) is 4.42 Å². The summed E-state index contributed by atoms with van der Waals surface area (Å²) < 4.78 is 5.50. The Morgan fingerprint density at radius 2 is 2.06 bits per heavy atom. The van der Waals surface area contributed by atoms with E-state index in [-0.39, 0.29) is 0 Å². The van der Waals surface area contributed by atoms with Crippen molar-refractivity contribution in [3.8, 4) is 0 Å². The molecule has 2 rings (SSSR count). The molecule has 0 aliphatic carbocycles. The molecule has 1 fully saturated rings. The molecular weight excluding hydrogens is 202 g/mol. The molecule has 0 saturated carbocycles. The van der Waals surface area contributed by atoms with Crippen molar-refractivity contribution in [3.05, 3.63) is 17.3 Å². The number of nitrogens with one attached hydrogen (secondary N) is 1. The first-order chi connectivity index (χ1) is 7.75. The third kappa shape index (κ3) is 3.06. The molecule has 1 N–H and O–H groups in total. The number of hydrogen-bond acceptors (Lipinski definition) is 4. The monoisotopic (exact) mass is 223 g/mol. The van der Waals surface area contributed by atoms with Gasteiger partial charge in [-0.25, -0.2) is 4.98 Å². The molecule has 1 aliphatic heterocycles. The Hall–Kier alpha value is -0.870. The van der Waals surface area contributed by atoms with Crippen LogP contribution < -0.4 is 5.32 Å². The Kier molecular flexibility index (Phi) is 3.96. The third-order valence-corrected chi connectivity index (χ3v) is 3.09. The van der Waals surface area contributed by atoms with Gasteiger partial charge in [-0.2, -0.15) is 0 Å². The molecule has 90 valence electrons. The highest BCUT2D eigenvalue weighted by molar-refractivity contribution is 5.06. The molecule has 0 bridgehead atoms. The van der Waals surface area contributed by atoms with Crippen LogP contribution in [0.25, 0.3) is 0 Å². The largest absolute Gasteiger partial charge is 0.444 e. The van der Waals surface area contributed by atoms with Gasteiger partial charge in [0.05, 0.1) is 12.2 Å². The summed E-state index contributed by atoms with van der Waals surface area (Å²) in [5.74, 6) is 1.73. The maximum Gasteiger partial charge on any atom is 0.191 e. The molecule has 0 amide bonds. The first-order valence-corrected chi connectivity index (χ1v) is 6.11. The van der Waals surface area contributed by atoms with Gasteiger partial charge in [0.25, 0.3) is 0 Å². The Labute approximate surface area is 97.0 Å². The molecule has 4 nitrogen and oxygen atoms in total. The molecule has 1 aliphatic rings. The van der Waals surface area contributed by atoms with Crippen LogP contribution in [0.15, 0.2) is 4.42 Å². The highest BCUT2D eigenvalue weighted by Gasteiger charge is 2.10. The summed E-state index contributed by atoms with van der Waals surface area (Å²) >= 11 is 0. The Bertz CT molecular complexity index is 329. The lowest BCUT2D eigenvalue weighted by atomic mass is 10.3. The van der Waals surface area contributed by atoms with E-state index in [2.05, 4.69) is 15.2 Å². The minimum atomic E-state index is 0.758. The number of hydrogen-bond donors (Lipinski definition) is 1. The molecular formula is C12H21N3O. The second kappa shape index (κ2) is 5.46. The van der Waals surface area contributed by atoms with E-state index < -0.39 is 0 Å². The first kappa shape index (κ1) is 11.6. The molecule has 1 aromatic rings. The summed E-state index contributed by atoms with van der Waals surface area (Å²) in [6, 6.07) is 0. The van der Waals surface area contributed by atoms with Crippen molar-refractivity contribution in [1.29, 1.82) is 0 Å². The van der Waals surface area contributed by atoms with Crippen LogP contribution >= 0.6 is 0 Å². The van der Waals surface area contributed by atoms with Gasteiger partial charge in [0, 0.05) is 20.0 Å². The fourth-order valence-corrected chi connectivity index (χ4v) is 2.18. The van der Waals surface area contributed by atoms with E-state index in [0.29, 0.717) is 0 Å². The molecule has 0 aromatic carbocycles. The lowest BCUT2D eigenvalue weighted by Gasteiger charge is -2.14. The number of likely N-dealkylation sites (tertiary alicyclic amines) is 1. The SMILES string of the molecule is Cc1nc(C)c(CNCCN2CCCC2)o1. The summed E-state index contributed by atoms with van der Waals surface area (Å²) in [7, 11) is 0. The smallest absolute Gasteiger partial charge is 0.191 e. The normalized spacial score (nSPS) is 17.1. The molecule has 0 radical (unpaired) electrons. The van der Waals surface area contributed by atoms with E-state index in [9.17, 15) is 0 Å². The number of nitrogens with zero attached hydrogens (tertiary/aromatic N) is 2. The van der Waals surface area contributed by atoms with E-state index in [0.717, 1.165) is 37.0 Å². The average Bonchev–Trinajstić information content (AvgIpc) is 2.84. The van der Waals surface area contributed by atoms with Crippen LogP contribution in [0.3, 0.4) is 0 Å². The van der Waals surface area contributed by atoms with Crippen molar-refractivity contribution >= 4 is 0 Å². The molecule has 0 atom stereocenters. The Balaban J connectivity index is 1.65. The van der Waals surface area contributed by atoms with Gasteiger partial charge in [0.15, 0.2) is 5.89 Å². The van der Waals surface area contributed by atoms with Crippen LogP contribution in [0, 0.1) is 13.8 Å². The fourth-order valence-electron chi connectivity index (χ4n) is 2.18. The van der Waals surface area contributed by atoms with Gasteiger partial charge in [-0.05, 0) is 32.9 Å². The molecule has 1 saturated heterocycles. The van der Waals surface area contributed by atoms with Crippen molar-refractivity contribution in [1.82, 2.24) is 15.2 Å². The minimum absolute atomic E-state index is 0.758. The minimum Gasteiger partial charge on any atom is -0.444 e. The van der Waals surface area contributed by atoms with E-state index in [1.165, 1.54) is 25.9 Å². The number of rotatable bonds is 5. The summed E-state index contributed by atoms with van der Waals surface area (Å²) in [5.41, 5.74) is 1.01. The highest BCUT2D eigenvalue weighted by Crippen LogP contribution is 2.09. The maximum atomic E-state index is 5.50. The summed E-state index contributed by atoms with van der Waals surface area (Å²) in [5, 5.41) is 3.41. The van der Waals surface area contributed by atoms with Gasteiger partial charge in [-0.15, -0.1) is 0 Å². The van der Waals surface area contributed by atoms with Crippen molar-refractivity contribution in [2.75, 3.05) is 26.2 Å². The summed E-state index contributed by atoms with van der Waals surface area (Å²) in [4.78, 5) is 6.76. The lowest BCUT2D eigenvalue weighted by molar-refractivity contribution is 0.332. The van der Waals surface area contributed by atoms with Crippen LogP contribution in [0.2, 0.25) is 0 Å². The van der Waals surface area contributed by atoms with Gasteiger partial charge < -0.3 is 14.6 Å². The van der Waals surface area contributed by atoms with Crippen molar-refractivity contribution in [2.45, 2.75) is 33.2 Å². The van der Waals surface area contributed by atoms with Gasteiger partial charge in [0.1, 0.15) is 5.76 Å². The van der Waals surface area contributed by atoms with Crippen molar-refractivity contribution in [2.24, 2.45) is 0 Å². The van der Waals surface area contributed by atoms with Gasteiger partial charge in [-0.3, -0.25) is 0 Å². The van der Waals surface area contributed by atoms with Crippen LogP contribution in [-0.2, 0) is 6.54 Å². The van der Waals surface area contributed by atoms with E-state index >= 15 is 0 Å². The van der Waals surface area contributed by atoms with Crippen LogP contribution in [0.1, 0.15) is 30.2 Å². The van der Waals surface area contributed by atoms with Gasteiger partial charge >= 0.3 is 0 Å². The van der Waals surface area contributed by atoms with Crippen molar-refractivity contribution < 1.29 is 4.42 Å². The summed E-state index contributed by atoms with van der Waals surface area (Å²) in [6.07, 6.45) is 2.72. The highest BCUT2D eigenvalue weighted by atomic mass is 16.4. The standard InChI is InChI=1S/C12H21N3O/c1-10-12(16-11(2)14-10)9-13-5-8-15-6-3-4-7-15/h13H,3-9H2,1-2H3. The molecule has 16 heavy (non-hydrogen) atoms. The zero-order valence-electron chi connectivity index (χ0n) is 10.3. The van der Waals surface area contributed by atoms with Crippen LogP contribution in [0.5, 0.6) is 0 Å². The molecule has 0 spiro atoms. The zero-order valence-corrected chi connectivity index (χ0v) is 10.3.